The van der Waals surface area contributed by atoms with Crippen LogP contribution >= 0.6 is 22.9 Å². The zero-order valence-corrected chi connectivity index (χ0v) is 13.2. The van der Waals surface area contributed by atoms with Crippen LogP contribution in [0.2, 0.25) is 4.34 Å². The maximum atomic E-state index is 5.96. The van der Waals surface area contributed by atoms with Gasteiger partial charge in [0.05, 0.1) is 4.34 Å². The average Bonchev–Trinajstić information content (AvgIpc) is 2.83. The molecule has 1 aromatic carbocycles. The third-order valence-corrected chi connectivity index (χ3v) is 4.46. The first-order valence-corrected chi connectivity index (χ1v) is 7.88. The lowest BCUT2D eigenvalue weighted by molar-refractivity contribution is 0.576. The number of rotatable bonds is 5. The Morgan fingerprint density at radius 2 is 1.79 bits per heavy atom. The van der Waals surface area contributed by atoms with Gasteiger partial charge in [-0.2, -0.15) is 0 Å². The second-order valence-corrected chi connectivity index (χ2v) is 6.73. The number of hydrogen-bond donors (Lipinski definition) is 1. The molecule has 1 aromatic heterocycles. The van der Waals surface area contributed by atoms with Crippen molar-refractivity contribution in [1.29, 1.82) is 0 Å². The van der Waals surface area contributed by atoms with Crippen molar-refractivity contribution in [3.63, 3.8) is 0 Å². The summed E-state index contributed by atoms with van der Waals surface area (Å²) in [5, 5.41) is 5.64. The highest BCUT2D eigenvalue weighted by Crippen LogP contribution is 2.24. The SMILES string of the molecule is CC(C)c1ccc(CNC(C)c2csc(Cl)c2)cc1. The summed E-state index contributed by atoms with van der Waals surface area (Å²) in [7, 11) is 0. The van der Waals surface area contributed by atoms with Gasteiger partial charge in [-0.3, -0.25) is 0 Å². The molecule has 19 heavy (non-hydrogen) atoms. The predicted molar refractivity (Wildman–Crippen MR) is 85.1 cm³/mol. The Hall–Kier alpha value is -0.830. The highest BCUT2D eigenvalue weighted by atomic mass is 35.5. The summed E-state index contributed by atoms with van der Waals surface area (Å²) in [5.74, 6) is 0.592. The van der Waals surface area contributed by atoms with E-state index in [9.17, 15) is 0 Å². The summed E-state index contributed by atoms with van der Waals surface area (Å²) in [4.78, 5) is 0. The quantitative estimate of drug-likeness (QED) is 0.781. The lowest BCUT2D eigenvalue weighted by Gasteiger charge is -2.13. The predicted octanol–water partition coefficient (Wildman–Crippen LogP) is 5.38. The van der Waals surface area contributed by atoms with Crippen LogP contribution in [0.5, 0.6) is 0 Å². The summed E-state index contributed by atoms with van der Waals surface area (Å²) in [5.41, 5.74) is 3.97. The average molecular weight is 294 g/mol. The molecule has 0 aliphatic rings. The van der Waals surface area contributed by atoms with E-state index in [1.54, 1.807) is 11.3 Å². The Balaban J connectivity index is 1.91. The summed E-state index contributed by atoms with van der Waals surface area (Å²) < 4.78 is 0.852. The smallest absolute Gasteiger partial charge is 0.0931 e. The van der Waals surface area contributed by atoms with Gasteiger partial charge in [-0.15, -0.1) is 11.3 Å². The van der Waals surface area contributed by atoms with Crippen LogP contribution in [0.4, 0.5) is 0 Å². The van der Waals surface area contributed by atoms with Crippen molar-refractivity contribution in [2.24, 2.45) is 0 Å². The molecule has 1 heterocycles. The normalized spacial score (nSPS) is 12.9. The van der Waals surface area contributed by atoms with Gasteiger partial charge in [-0.1, -0.05) is 49.7 Å². The molecule has 0 aliphatic carbocycles. The second-order valence-electron chi connectivity index (χ2n) is 5.18. The zero-order valence-electron chi connectivity index (χ0n) is 11.6. The van der Waals surface area contributed by atoms with Gasteiger partial charge in [-0.25, -0.2) is 0 Å². The molecular formula is C16H20ClNS. The fraction of sp³-hybridized carbons (Fsp3) is 0.375. The minimum atomic E-state index is 0.327. The first kappa shape index (κ1) is 14.6. The second kappa shape index (κ2) is 6.56. The van der Waals surface area contributed by atoms with Gasteiger partial charge in [0, 0.05) is 12.6 Å². The lowest BCUT2D eigenvalue weighted by atomic mass is 10.0. The maximum Gasteiger partial charge on any atom is 0.0931 e. The molecule has 0 aliphatic heterocycles. The van der Waals surface area contributed by atoms with Crippen molar-refractivity contribution >= 4 is 22.9 Å². The molecule has 1 atom stereocenters. The van der Waals surface area contributed by atoms with Crippen molar-refractivity contribution < 1.29 is 0 Å². The van der Waals surface area contributed by atoms with Gasteiger partial charge in [0.15, 0.2) is 0 Å². The van der Waals surface area contributed by atoms with Gasteiger partial charge < -0.3 is 5.32 Å². The van der Waals surface area contributed by atoms with E-state index in [0.29, 0.717) is 12.0 Å². The van der Waals surface area contributed by atoms with Crippen LogP contribution in [0.3, 0.4) is 0 Å². The molecule has 3 heteroatoms. The van der Waals surface area contributed by atoms with Crippen molar-refractivity contribution in [3.05, 3.63) is 56.7 Å². The molecule has 0 saturated carbocycles. The van der Waals surface area contributed by atoms with E-state index >= 15 is 0 Å². The number of nitrogens with one attached hydrogen (secondary N) is 1. The molecule has 1 N–H and O–H groups in total. The number of hydrogen-bond acceptors (Lipinski definition) is 2. The Kier molecular flexibility index (Phi) is 5.03. The van der Waals surface area contributed by atoms with E-state index in [-0.39, 0.29) is 0 Å². The number of thiophene rings is 1. The lowest BCUT2D eigenvalue weighted by Crippen LogP contribution is -2.17. The van der Waals surface area contributed by atoms with Gasteiger partial charge >= 0.3 is 0 Å². The van der Waals surface area contributed by atoms with E-state index in [0.717, 1.165) is 10.9 Å². The maximum absolute atomic E-state index is 5.96. The van der Waals surface area contributed by atoms with Crippen LogP contribution in [0, 0.1) is 0 Å². The molecule has 2 rings (SSSR count). The fourth-order valence-corrected chi connectivity index (χ4v) is 2.94. The molecule has 1 nitrogen and oxygen atoms in total. The molecule has 2 aromatic rings. The van der Waals surface area contributed by atoms with Crippen molar-refractivity contribution in [3.8, 4) is 0 Å². The van der Waals surface area contributed by atoms with Crippen LogP contribution in [0.1, 0.15) is 49.4 Å². The fourth-order valence-electron chi connectivity index (χ4n) is 1.96. The Bertz CT molecular complexity index is 516. The van der Waals surface area contributed by atoms with Crippen molar-refractivity contribution in [2.45, 2.75) is 39.3 Å². The molecule has 0 fully saturated rings. The van der Waals surface area contributed by atoms with Crippen LogP contribution < -0.4 is 5.32 Å². The van der Waals surface area contributed by atoms with Crippen molar-refractivity contribution in [2.75, 3.05) is 0 Å². The molecule has 0 radical (unpaired) electrons. The summed E-state index contributed by atoms with van der Waals surface area (Å²) >= 11 is 7.54. The first-order valence-electron chi connectivity index (χ1n) is 6.62. The standard InChI is InChI=1S/C16H20ClNS/c1-11(2)14-6-4-13(5-7-14)9-18-12(3)15-8-16(17)19-10-15/h4-8,10-12,18H,9H2,1-3H3. The monoisotopic (exact) mass is 293 g/mol. The molecule has 0 amide bonds. The van der Waals surface area contributed by atoms with E-state index in [4.69, 9.17) is 11.6 Å². The largest absolute Gasteiger partial charge is 0.306 e. The van der Waals surface area contributed by atoms with Gasteiger partial charge in [0.1, 0.15) is 0 Å². The summed E-state index contributed by atoms with van der Waals surface area (Å²) in [6, 6.07) is 11.2. The summed E-state index contributed by atoms with van der Waals surface area (Å²) in [6.45, 7) is 7.49. The van der Waals surface area contributed by atoms with E-state index in [1.807, 2.05) is 6.07 Å². The van der Waals surface area contributed by atoms with Crippen LogP contribution in [-0.4, -0.2) is 0 Å². The Labute approximate surface area is 124 Å². The van der Waals surface area contributed by atoms with E-state index in [2.05, 4.69) is 55.7 Å². The Morgan fingerprint density at radius 3 is 2.32 bits per heavy atom. The number of benzene rings is 1. The van der Waals surface area contributed by atoms with Gasteiger partial charge in [0.2, 0.25) is 0 Å². The summed E-state index contributed by atoms with van der Waals surface area (Å²) in [6.07, 6.45) is 0. The van der Waals surface area contributed by atoms with Crippen LogP contribution in [-0.2, 0) is 6.54 Å². The Morgan fingerprint density at radius 1 is 1.11 bits per heavy atom. The molecule has 0 spiro atoms. The van der Waals surface area contributed by atoms with Crippen molar-refractivity contribution in [1.82, 2.24) is 5.32 Å². The number of halogens is 1. The van der Waals surface area contributed by atoms with E-state index in [1.165, 1.54) is 16.7 Å². The molecular weight excluding hydrogens is 274 g/mol. The van der Waals surface area contributed by atoms with Gasteiger partial charge in [-0.05, 0) is 41.0 Å². The minimum Gasteiger partial charge on any atom is -0.306 e. The molecule has 1 unspecified atom stereocenters. The van der Waals surface area contributed by atoms with E-state index < -0.39 is 0 Å². The highest BCUT2D eigenvalue weighted by Gasteiger charge is 2.07. The zero-order chi connectivity index (χ0) is 13.8. The van der Waals surface area contributed by atoms with Gasteiger partial charge in [0.25, 0.3) is 0 Å². The molecule has 102 valence electrons. The highest BCUT2D eigenvalue weighted by molar-refractivity contribution is 7.14. The molecule has 0 saturated heterocycles. The van der Waals surface area contributed by atoms with Crippen LogP contribution in [0.25, 0.3) is 0 Å². The third kappa shape index (κ3) is 4.07. The third-order valence-electron chi connectivity index (χ3n) is 3.35. The first-order chi connectivity index (χ1) is 9.06. The topological polar surface area (TPSA) is 12.0 Å². The van der Waals surface area contributed by atoms with Crippen LogP contribution in [0.15, 0.2) is 35.7 Å². The molecule has 0 bridgehead atoms. The minimum absolute atomic E-state index is 0.327.